The molecule has 0 spiro atoms. The Labute approximate surface area is 96.6 Å². The maximum atomic E-state index is 10.6. The Morgan fingerprint density at radius 1 is 1.53 bits per heavy atom. The first-order chi connectivity index (χ1) is 8.13. The molecule has 0 aliphatic carbocycles. The molecule has 17 heavy (non-hydrogen) atoms. The number of hydrogen-bond donors (Lipinski definition) is 1. The van der Waals surface area contributed by atoms with Gasteiger partial charge >= 0.3 is 5.69 Å². The van der Waals surface area contributed by atoms with Gasteiger partial charge in [0.2, 0.25) is 5.82 Å². The van der Waals surface area contributed by atoms with E-state index in [-0.39, 0.29) is 11.5 Å². The third-order valence-corrected chi connectivity index (χ3v) is 2.28. The van der Waals surface area contributed by atoms with Crippen molar-refractivity contribution in [1.29, 1.82) is 0 Å². The molecule has 1 heterocycles. The van der Waals surface area contributed by atoms with Gasteiger partial charge in [-0.25, -0.2) is 4.68 Å². The van der Waals surface area contributed by atoms with E-state index >= 15 is 0 Å². The Hall–Kier alpha value is -2.57. The molecule has 1 aromatic carbocycles. The molecule has 0 radical (unpaired) electrons. The Morgan fingerprint density at radius 3 is 2.88 bits per heavy atom. The first kappa shape index (κ1) is 10.9. The van der Waals surface area contributed by atoms with Gasteiger partial charge in [-0.05, 0) is 12.1 Å². The first-order valence-electron chi connectivity index (χ1n) is 4.76. The minimum absolute atomic E-state index is 0.0109. The van der Waals surface area contributed by atoms with Gasteiger partial charge in [0.25, 0.3) is 0 Å². The van der Waals surface area contributed by atoms with E-state index in [1.54, 1.807) is 24.3 Å². The van der Waals surface area contributed by atoms with Crippen molar-refractivity contribution < 1.29 is 9.66 Å². The topological polar surface area (TPSA) is 96.2 Å². The highest BCUT2D eigenvalue weighted by Crippen LogP contribution is 2.25. The van der Waals surface area contributed by atoms with Crippen molar-refractivity contribution in [2.45, 2.75) is 0 Å². The van der Waals surface area contributed by atoms with Gasteiger partial charge in [0.05, 0.1) is 17.7 Å². The number of hydrogen-bond acceptors (Lipinski definition) is 5. The average molecular weight is 234 g/mol. The number of methoxy groups -OCH3 is 1. The third-order valence-electron chi connectivity index (χ3n) is 2.28. The Balaban J connectivity index is 2.49. The van der Waals surface area contributed by atoms with Crippen molar-refractivity contribution in [1.82, 2.24) is 9.78 Å². The molecular weight excluding hydrogens is 224 g/mol. The summed E-state index contributed by atoms with van der Waals surface area (Å²) in [6, 6.07) is 6.93. The largest absolute Gasteiger partial charge is 0.497 e. The van der Waals surface area contributed by atoms with Crippen LogP contribution < -0.4 is 10.5 Å². The highest BCUT2D eigenvalue weighted by molar-refractivity contribution is 5.56. The van der Waals surface area contributed by atoms with E-state index in [0.717, 1.165) is 6.20 Å². The number of aromatic nitrogens is 2. The molecule has 2 N–H and O–H groups in total. The molecule has 0 unspecified atom stereocenters. The number of rotatable bonds is 3. The van der Waals surface area contributed by atoms with Gasteiger partial charge in [0.15, 0.2) is 0 Å². The summed E-state index contributed by atoms with van der Waals surface area (Å²) in [4.78, 5) is 10.1. The molecule has 2 aromatic rings. The molecule has 88 valence electrons. The molecule has 0 aliphatic heterocycles. The second-order valence-electron chi connectivity index (χ2n) is 3.29. The van der Waals surface area contributed by atoms with Crippen LogP contribution in [0, 0.1) is 10.1 Å². The summed E-state index contributed by atoms with van der Waals surface area (Å²) in [5, 5.41) is 14.5. The van der Waals surface area contributed by atoms with E-state index < -0.39 is 4.92 Å². The zero-order valence-corrected chi connectivity index (χ0v) is 9.03. The van der Waals surface area contributed by atoms with Crippen LogP contribution in [-0.4, -0.2) is 21.8 Å². The maximum absolute atomic E-state index is 10.6. The summed E-state index contributed by atoms with van der Waals surface area (Å²) in [7, 11) is 1.54. The monoisotopic (exact) mass is 234 g/mol. The summed E-state index contributed by atoms with van der Waals surface area (Å²) in [5.41, 5.74) is 6.04. The molecule has 1 aromatic heterocycles. The molecule has 7 nitrogen and oxygen atoms in total. The normalized spacial score (nSPS) is 10.2. The molecule has 0 saturated heterocycles. The molecule has 0 saturated carbocycles. The standard InChI is InChI=1S/C10H10N4O3/c1-17-8-4-2-3-7(5-8)13-10(11)9(6-12-13)14(15)16/h2-6H,11H2,1H3. The number of nitrogens with two attached hydrogens (primary N) is 1. The number of anilines is 1. The van der Waals surface area contributed by atoms with Crippen molar-refractivity contribution in [3.63, 3.8) is 0 Å². The molecule has 0 amide bonds. The Kier molecular flexibility index (Phi) is 2.65. The van der Waals surface area contributed by atoms with E-state index in [0.29, 0.717) is 11.4 Å². The lowest BCUT2D eigenvalue weighted by atomic mass is 10.3. The molecule has 0 aliphatic rings. The van der Waals surface area contributed by atoms with Crippen molar-refractivity contribution in [3.05, 3.63) is 40.6 Å². The maximum Gasteiger partial charge on any atom is 0.331 e. The second-order valence-corrected chi connectivity index (χ2v) is 3.29. The predicted octanol–water partition coefficient (Wildman–Crippen LogP) is 1.37. The van der Waals surface area contributed by atoms with Crippen molar-refractivity contribution in [2.75, 3.05) is 12.8 Å². The van der Waals surface area contributed by atoms with Gasteiger partial charge in [-0.15, -0.1) is 0 Å². The van der Waals surface area contributed by atoms with Crippen LogP contribution in [0.2, 0.25) is 0 Å². The fourth-order valence-corrected chi connectivity index (χ4v) is 1.44. The van der Waals surface area contributed by atoms with Gasteiger partial charge in [-0.3, -0.25) is 10.1 Å². The van der Waals surface area contributed by atoms with E-state index in [4.69, 9.17) is 10.5 Å². The first-order valence-corrected chi connectivity index (χ1v) is 4.76. The SMILES string of the molecule is COc1cccc(-n2ncc([N+](=O)[O-])c2N)c1. The third kappa shape index (κ3) is 1.89. The van der Waals surface area contributed by atoms with E-state index in [1.165, 1.54) is 11.8 Å². The van der Waals surface area contributed by atoms with Crippen molar-refractivity contribution >= 4 is 11.5 Å². The highest BCUT2D eigenvalue weighted by atomic mass is 16.6. The van der Waals surface area contributed by atoms with Crippen LogP contribution in [0.5, 0.6) is 5.75 Å². The number of ether oxygens (including phenoxy) is 1. The Morgan fingerprint density at radius 2 is 2.29 bits per heavy atom. The van der Waals surface area contributed by atoms with Crippen LogP contribution in [0.4, 0.5) is 11.5 Å². The molecule has 0 bridgehead atoms. The summed E-state index contributed by atoms with van der Waals surface area (Å²) in [5.74, 6) is 0.614. The zero-order chi connectivity index (χ0) is 12.4. The second kappa shape index (κ2) is 4.12. The summed E-state index contributed by atoms with van der Waals surface area (Å²) in [6.07, 6.45) is 1.12. The lowest BCUT2D eigenvalue weighted by Crippen LogP contribution is -2.03. The molecule has 0 atom stereocenters. The number of nitrogen functional groups attached to an aromatic ring is 1. The van der Waals surface area contributed by atoms with Gasteiger partial charge in [-0.1, -0.05) is 6.07 Å². The molecule has 2 rings (SSSR count). The number of nitrogens with zero attached hydrogens (tertiary/aromatic N) is 3. The fourth-order valence-electron chi connectivity index (χ4n) is 1.44. The Bertz CT molecular complexity index is 564. The number of nitro groups is 1. The zero-order valence-electron chi connectivity index (χ0n) is 9.03. The van der Waals surface area contributed by atoms with Gasteiger partial charge in [0, 0.05) is 6.07 Å². The van der Waals surface area contributed by atoms with Crippen LogP contribution >= 0.6 is 0 Å². The smallest absolute Gasteiger partial charge is 0.331 e. The summed E-state index contributed by atoms with van der Waals surface area (Å²) in [6.45, 7) is 0. The van der Waals surface area contributed by atoms with Crippen LogP contribution in [0.1, 0.15) is 0 Å². The van der Waals surface area contributed by atoms with E-state index in [2.05, 4.69) is 5.10 Å². The van der Waals surface area contributed by atoms with Crippen LogP contribution in [0.3, 0.4) is 0 Å². The fraction of sp³-hybridized carbons (Fsp3) is 0.100. The van der Waals surface area contributed by atoms with E-state index in [9.17, 15) is 10.1 Å². The minimum Gasteiger partial charge on any atom is -0.497 e. The number of benzene rings is 1. The lowest BCUT2D eigenvalue weighted by molar-refractivity contribution is -0.383. The van der Waals surface area contributed by atoms with E-state index in [1.807, 2.05) is 0 Å². The lowest BCUT2D eigenvalue weighted by Gasteiger charge is -2.05. The van der Waals surface area contributed by atoms with Gasteiger partial charge in [0.1, 0.15) is 11.9 Å². The average Bonchev–Trinajstić information content (AvgIpc) is 2.71. The summed E-state index contributed by atoms with van der Waals surface area (Å²) >= 11 is 0. The van der Waals surface area contributed by atoms with Gasteiger partial charge < -0.3 is 10.5 Å². The van der Waals surface area contributed by atoms with Gasteiger partial charge in [-0.2, -0.15) is 5.10 Å². The molecular formula is C10H10N4O3. The van der Waals surface area contributed by atoms with Crippen molar-refractivity contribution in [2.24, 2.45) is 0 Å². The predicted molar refractivity (Wildman–Crippen MR) is 61.2 cm³/mol. The highest BCUT2D eigenvalue weighted by Gasteiger charge is 2.18. The minimum atomic E-state index is -0.570. The quantitative estimate of drug-likeness (QED) is 0.639. The van der Waals surface area contributed by atoms with Crippen molar-refractivity contribution in [3.8, 4) is 11.4 Å². The molecule has 0 fully saturated rings. The molecule has 7 heteroatoms. The van der Waals surface area contributed by atoms with Crippen LogP contribution in [0.25, 0.3) is 5.69 Å². The van der Waals surface area contributed by atoms with Crippen LogP contribution in [0.15, 0.2) is 30.5 Å². The summed E-state index contributed by atoms with van der Waals surface area (Å²) < 4.78 is 6.35. The van der Waals surface area contributed by atoms with Crippen LogP contribution in [-0.2, 0) is 0 Å².